The van der Waals surface area contributed by atoms with E-state index < -0.39 is 5.97 Å². The summed E-state index contributed by atoms with van der Waals surface area (Å²) in [5.74, 6) is -0.434. The molecule has 0 atom stereocenters. The van der Waals surface area contributed by atoms with Crippen LogP contribution < -0.4 is 0 Å². The van der Waals surface area contributed by atoms with Gasteiger partial charge in [-0.2, -0.15) is 0 Å². The first kappa shape index (κ1) is 21.5. The second-order valence-electron chi connectivity index (χ2n) is 7.35. The van der Waals surface area contributed by atoms with Crippen molar-refractivity contribution in [3.8, 4) is 22.3 Å². The summed E-state index contributed by atoms with van der Waals surface area (Å²) in [7, 11) is 0. The summed E-state index contributed by atoms with van der Waals surface area (Å²) in [6.45, 7) is 7.88. The summed E-state index contributed by atoms with van der Waals surface area (Å²) in [4.78, 5) is 11.3. The SMILES string of the molecule is C=CC(=O)OCCc1cc(-c2ccc(-c3ccc(C)cc3)cc2CC)ccc1CO. The van der Waals surface area contributed by atoms with E-state index in [1.165, 1.54) is 27.8 Å². The van der Waals surface area contributed by atoms with Crippen molar-refractivity contribution in [3.05, 3.63) is 95.6 Å². The molecule has 3 aromatic rings. The molecule has 0 saturated heterocycles. The van der Waals surface area contributed by atoms with Gasteiger partial charge in [-0.05, 0) is 52.3 Å². The largest absolute Gasteiger partial charge is 0.462 e. The molecular weight excluding hydrogens is 372 g/mol. The van der Waals surface area contributed by atoms with Gasteiger partial charge in [0.05, 0.1) is 13.2 Å². The number of aryl methyl sites for hydroxylation is 2. The molecule has 0 unspecified atom stereocenters. The monoisotopic (exact) mass is 400 g/mol. The van der Waals surface area contributed by atoms with E-state index in [0.717, 1.165) is 29.2 Å². The number of carbonyl (C=O) groups excluding carboxylic acids is 1. The summed E-state index contributed by atoms with van der Waals surface area (Å²) in [5, 5.41) is 9.69. The molecule has 0 bridgehead atoms. The van der Waals surface area contributed by atoms with Crippen molar-refractivity contribution in [2.75, 3.05) is 6.61 Å². The Morgan fingerprint density at radius 3 is 2.27 bits per heavy atom. The Labute approximate surface area is 178 Å². The molecule has 154 valence electrons. The molecule has 1 N–H and O–H groups in total. The Morgan fingerprint density at radius 1 is 0.933 bits per heavy atom. The van der Waals surface area contributed by atoms with Gasteiger partial charge < -0.3 is 9.84 Å². The molecule has 0 aromatic heterocycles. The van der Waals surface area contributed by atoms with Crippen molar-refractivity contribution >= 4 is 5.97 Å². The fraction of sp³-hybridized carbons (Fsp3) is 0.222. The third-order valence-electron chi connectivity index (χ3n) is 5.34. The highest BCUT2D eigenvalue weighted by molar-refractivity contribution is 5.81. The second kappa shape index (κ2) is 10.0. The third kappa shape index (κ3) is 5.05. The summed E-state index contributed by atoms with van der Waals surface area (Å²) < 4.78 is 5.12. The Hall–Kier alpha value is -3.17. The molecule has 0 saturated carbocycles. The lowest BCUT2D eigenvalue weighted by Crippen LogP contribution is -2.06. The van der Waals surface area contributed by atoms with Gasteiger partial charge in [-0.3, -0.25) is 0 Å². The van der Waals surface area contributed by atoms with Gasteiger partial charge in [0.15, 0.2) is 0 Å². The molecule has 0 aliphatic carbocycles. The lowest BCUT2D eigenvalue weighted by molar-refractivity contribution is -0.137. The molecule has 0 amide bonds. The minimum atomic E-state index is -0.434. The first-order valence-electron chi connectivity index (χ1n) is 10.3. The van der Waals surface area contributed by atoms with Crippen molar-refractivity contribution in [2.24, 2.45) is 0 Å². The van der Waals surface area contributed by atoms with Gasteiger partial charge in [0.25, 0.3) is 0 Å². The van der Waals surface area contributed by atoms with Crippen LogP contribution in [0, 0.1) is 6.92 Å². The van der Waals surface area contributed by atoms with E-state index in [4.69, 9.17) is 4.74 Å². The van der Waals surface area contributed by atoms with E-state index in [1.807, 2.05) is 12.1 Å². The van der Waals surface area contributed by atoms with Crippen molar-refractivity contribution in [2.45, 2.75) is 33.3 Å². The van der Waals surface area contributed by atoms with E-state index in [2.05, 4.69) is 69.0 Å². The molecule has 3 rings (SSSR count). The van der Waals surface area contributed by atoms with Gasteiger partial charge in [0.2, 0.25) is 0 Å². The average Bonchev–Trinajstić information content (AvgIpc) is 2.79. The highest BCUT2D eigenvalue weighted by Gasteiger charge is 2.10. The van der Waals surface area contributed by atoms with Crippen LogP contribution >= 0.6 is 0 Å². The quantitative estimate of drug-likeness (QED) is 0.392. The number of aliphatic hydroxyl groups excluding tert-OH is 1. The van der Waals surface area contributed by atoms with Crippen LogP contribution in [0.3, 0.4) is 0 Å². The third-order valence-corrected chi connectivity index (χ3v) is 5.34. The molecule has 3 heteroatoms. The van der Waals surface area contributed by atoms with Crippen LogP contribution in [0.25, 0.3) is 22.3 Å². The standard InChI is InChI=1S/C27H28O3/c1-4-20-16-22(21-8-6-19(3)7-9-21)12-13-26(20)24-10-11-25(18-28)23(17-24)14-15-30-27(29)5-2/h5-13,16-17,28H,2,4,14-15,18H2,1,3H3. The van der Waals surface area contributed by atoms with Crippen molar-refractivity contribution in [1.82, 2.24) is 0 Å². The zero-order valence-corrected chi connectivity index (χ0v) is 17.7. The normalized spacial score (nSPS) is 10.6. The van der Waals surface area contributed by atoms with Crippen molar-refractivity contribution < 1.29 is 14.6 Å². The minimum Gasteiger partial charge on any atom is -0.462 e. The maximum absolute atomic E-state index is 11.3. The topological polar surface area (TPSA) is 46.5 Å². The van der Waals surface area contributed by atoms with Crippen LogP contribution in [0.4, 0.5) is 0 Å². The zero-order chi connectivity index (χ0) is 21.5. The molecule has 0 radical (unpaired) electrons. The van der Waals surface area contributed by atoms with Crippen LogP contribution in [0.1, 0.15) is 29.2 Å². The number of carbonyl (C=O) groups is 1. The van der Waals surface area contributed by atoms with Gasteiger partial charge in [0, 0.05) is 12.5 Å². The molecule has 0 heterocycles. The fourth-order valence-electron chi connectivity index (χ4n) is 3.59. The maximum Gasteiger partial charge on any atom is 0.330 e. The van der Waals surface area contributed by atoms with Crippen LogP contribution in [-0.4, -0.2) is 17.7 Å². The highest BCUT2D eigenvalue weighted by atomic mass is 16.5. The second-order valence-corrected chi connectivity index (χ2v) is 7.35. The average molecular weight is 401 g/mol. The van der Waals surface area contributed by atoms with Crippen LogP contribution in [-0.2, 0) is 29.0 Å². The Morgan fingerprint density at radius 2 is 1.60 bits per heavy atom. The predicted octanol–water partition coefficient (Wildman–Crippen LogP) is 5.66. The molecular formula is C27H28O3. The van der Waals surface area contributed by atoms with Gasteiger partial charge in [-0.25, -0.2) is 4.79 Å². The molecule has 3 nitrogen and oxygen atoms in total. The smallest absolute Gasteiger partial charge is 0.330 e. The van der Waals surface area contributed by atoms with Crippen LogP contribution in [0.2, 0.25) is 0 Å². The predicted molar refractivity (Wildman–Crippen MR) is 122 cm³/mol. The number of hydrogen-bond acceptors (Lipinski definition) is 3. The summed E-state index contributed by atoms with van der Waals surface area (Å²) in [6.07, 6.45) is 2.63. The number of rotatable bonds is 8. The maximum atomic E-state index is 11.3. The van der Waals surface area contributed by atoms with E-state index in [9.17, 15) is 9.90 Å². The highest BCUT2D eigenvalue weighted by Crippen LogP contribution is 2.31. The Balaban J connectivity index is 1.92. The molecule has 0 aliphatic heterocycles. The number of esters is 1. The van der Waals surface area contributed by atoms with E-state index in [-0.39, 0.29) is 13.2 Å². The molecule has 0 aliphatic rings. The number of ether oxygens (including phenoxy) is 1. The lowest BCUT2D eigenvalue weighted by atomic mass is 9.91. The minimum absolute atomic E-state index is 0.0436. The zero-order valence-electron chi connectivity index (χ0n) is 17.7. The first-order valence-corrected chi connectivity index (χ1v) is 10.3. The number of hydrogen-bond donors (Lipinski definition) is 1. The molecule has 3 aromatic carbocycles. The van der Waals surface area contributed by atoms with Gasteiger partial charge in [0.1, 0.15) is 0 Å². The van der Waals surface area contributed by atoms with Crippen molar-refractivity contribution in [1.29, 1.82) is 0 Å². The Bertz CT molecular complexity index is 1030. The van der Waals surface area contributed by atoms with E-state index in [1.54, 1.807) is 0 Å². The Kier molecular flexibility index (Phi) is 7.21. The lowest BCUT2D eigenvalue weighted by Gasteiger charge is -2.14. The van der Waals surface area contributed by atoms with Gasteiger partial charge in [-0.1, -0.05) is 79.7 Å². The summed E-state index contributed by atoms with van der Waals surface area (Å²) in [5.41, 5.74) is 9.06. The van der Waals surface area contributed by atoms with Gasteiger partial charge >= 0.3 is 5.97 Å². The fourth-order valence-corrected chi connectivity index (χ4v) is 3.59. The summed E-state index contributed by atoms with van der Waals surface area (Å²) >= 11 is 0. The molecule has 0 fully saturated rings. The van der Waals surface area contributed by atoms with E-state index in [0.29, 0.717) is 6.42 Å². The van der Waals surface area contributed by atoms with E-state index >= 15 is 0 Å². The van der Waals surface area contributed by atoms with Gasteiger partial charge in [-0.15, -0.1) is 0 Å². The van der Waals surface area contributed by atoms with Crippen LogP contribution in [0.15, 0.2) is 73.3 Å². The molecule has 30 heavy (non-hydrogen) atoms. The number of aliphatic hydroxyl groups is 1. The number of benzene rings is 3. The van der Waals surface area contributed by atoms with Crippen LogP contribution in [0.5, 0.6) is 0 Å². The van der Waals surface area contributed by atoms with Crippen molar-refractivity contribution in [3.63, 3.8) is 0 Å². The summed E-state index contributed by atoms with van der Waals surface area (Å²) in [6, 6.07) is 21.2. The molecule has 0 spiro atoms. The first-order chi connectivity index (χ1) is 14.5.